The van der Waals surface area contributed by atoms with Crippen LogP contribution in [0.4, 0.5) is 5.69 Å². The molecule has 0 radical (unpaired) electrons. The zero-order valence-electron chi connectivity index (χ0n) is 16.4. The number of pyridine rings is 1. The number of hydrogen-bond donors (Lipinski definition) is 3. The second-order valence-electron chi connectivity index (χ2n) is 7.24. The van der Waals surface area contributed by atoms with Crippen molar-refractivity contribution in [1.29, 1.82) is 0 Å². The van der Waals surface area contributed by atoms with Gasteiger partial charge in [-0.1, -0.05) is 30.0 Å². The summed E-state index contributed by atoms with van der Waals surface area (Å²) in [5.74, 6) is -1.62. The number of benzene rings is 1. The molecule has 7 nitrogen and oxygen atoms in total. The molecule has 1 aliphatic heterocycles. The molecule has 2 heterocycles. The number of anilines is 1. The lowest BCUT2D eigenvalue weighted by Gasteiger charge is -2.29. The minimum atomic E-state index is -1.26. The molecule has 1 aromatic heterocycles. The predicted octanol–water partition coefficient (Wildman–Crippen LogP) is 3.26. The Kier molecular flexibility index (Phi) is 7.48. The monoisotopic (exact) mass is 427 g/mol. The molecule has 1 aliphatic carbocycles. The summed E-state index contributed by atoms with van der Waals surface area (Å²) in [6.45, 7) is 0.770. The van der Waals surface area contributed by atoms with Crippen LogP contribution in [0, 0.1) is 5.92 Å². The first-order chi connectivity index (χ1) is 14.5. The number of nitrogens with zero attached hydrogens (tertiary/aromatic N) is 2. The second-order valence-corrected chi connectivity index (χ2v) is 8.39. The van der Waals surface area contributed by atoms with E-state index < -0.39 is 11.9 Å². The van der Waals surface area contributed by atoms with Crippen LogP contribution in [0.15, 0.2) is 70.7 Å². The van der Waals surface area contributed by atoms with E-state index in [9.17, 15) is 9.59 Å². The summed E-state index contributed by atoms with van der Waals surface area (Å²) in [5, 5.41) is 15.6. The van der Waals surface area contributed by atoms with Crippen molar-refractivity contribution in [3.63, 3.8) is 0 Å². The normalized spacial score (nSPS) is 21.6. The number of carboxylic acids is 2. The van der Waals surface area contributed by atoms with Gasteiger partial charge in [0.25, 0.3) is 0 Å². The first-order valence-electron chi connectivity index (χ1n) is 9.78. The molecule has 2 fully saturated rings. The minimum absolute atomic E-state index is 0.558. The van der Waals surface area contributed by atoms with Crippen LogP contribution >= 0.6 is 11.8 Å². The van der Waals surface area contributed by atoms with E-state index in [1.807, 2.05) is 18.5 Å². The molecule has 0 spiro atoms. The zero-order chi connectivity index (χ0) is 21.5. The number of nitrogens with two attached hydrogens (primary N) is 1. The van der Waals surface area contributed by atoms with E-state index in [4.69, 9.17) is 15.9 Å². The van der Waals surface area contributed by atoms with Crippen LogP contribution in [0.1, 0.15) is 19.3 Å². The van der Waals surface area contributed by atoms with Gasteiger partial charge in [-0.2, -0.15) is 0 Å². The Labute approximate surface area is 179 Å². The van der Waals surface area contributed by atoms with Gasteiger partial charge >= 0.3 is 11.9 Å². The third-order valence-corrected chi connectivity index (χ3v) is 6.02. The van der Waals surface area contributed by atoms with Crippen LogP contribution in [0.2, 0.25) is 0 Å². The van der Waals surface area contributed by atoms with Crippen molar-refractivity contribution in [3.8, 4) is 0 Å². The summed E-state index contributed by atoms with van der Waals surface area (Å²) < 4.78 is 0. The van der Waals surface area contributed by atoms with Gasteiger partial charge in [0.05, 0.1) is 11.9 Å². The highest BCUT2D eigenvalue weighted by molar-refractivity contribution is 7.99. The summed E-state index contributed by atoms with van der Waals surface area (Å²) in [5.41, 5.74) is 7.06. The maximum atomic E-state index is 9.55. The van der Waals surface area contributed by atoms with Gasteiger partial charge in [-0.3, -0.25) is 4.98 Å². The van der Waals surface area contributed by atoms with Crippen LogP contribution in [-0.2, 0) is 9.59 Å². The highest BCUT2D eigenvalue weighted by atomic mass is 32.2. The van der Waals surface area contributed by atoms with Gasteiger partial charge in [0.1, 0.15) is 0 Å². The van der Waals surface area contributed by atoms with Gasteiger partial charge < -0.3 is 20.8 Å². The molecule has 30 heavy (non-hydrogen) atoms. The second kappa shape index (κ2) is 10.3. The summed E-state index contributed by atoms with van der Waals surface area (Å²) >= 11 is 1.78. The standard InChI is InChI=1S/C18H21N3S.C4H4O4/c19-7-6-14-8-13-9-18(13)21(14)15-10-17(12-20-11-15)22-16-4-2-1-3-5-16;5-3(6)1-2-4(7)8/h1-5,10-14,18H,6-9,19H2;1-2H,(H,5,6)(H,7,8). The van der Waals surface area contributed by atoms with Crippen LogP contribution in [0.25, 0.3) is 0 Å². The molecule has 3 unspecified atom stereocenters. The Morgan fingerprint density at radius 1 is 1.10 bits per heavy atom. The van der Waals surface area contributed by atoms with Crippen LogP contribution < -0.4 is 10.6 Å². The topological polar surface area (TPSA) is 117 Å². The average molecular weight is 428 g/mol. The number of fused-ring (bicyclic) bond motifs is 1. The zero-order valence-corrected chi connectivity index (χ0v) is 17.2. The molecule has 4 rings (SSSR count). The first-order valence-corrected chi connectivity index (χ1v) is 10.6. The molecule has 8 heteroatoms. The van der Waals surface area contributed by atoms with Crippen molar-refractivity contribution >= 4 is 29.4 Å². The molecule has 3 atom stereocenters. The number of piperidine rings is 1. The average Bonchev–Trinajstić information content (AvgIpc) is 3.38. The quantitative estimate of drug-likeness (QED) is 0.577. The van der Waals surface area contributed by atoms with Gasteiger partial charge in [-0.05, 0) is 49.9 Å². The summed E-state index contributed by atoms with van der Waals surface area (Å²) in [4.78, 5) is 28.6. The smallest absolute Gasteiger partial charge is 0.328 e. The summed E-state index contributed by atoms with van der Waals surface area (Å²) in [7, 11) is 0. The number of aliphatic carboxylic acids is 2. The van der Waals surface area contributed by atoms with E-state index >= 15 is 0 Å². The number of hydrogen-bond acceptors (Lipinski definition) is 6. The number of rotatable bonds is 7. The van der Waals surface area contributed by atoms with Gasteiger partial charge in [0, 0.05) is 40.2 Å². The summed E-state index contributed by atoms with van der Waals surface area (Å²) in [6.07, 6.45) is 8.82. The molecule has 1 saturated carbocycles. The maximum absolute atomic E-state index is 9.55. The lowest BCUT2D eigenvalue weighted by atomic mass is 10.1. The number of carbonyl (C=O) groups is 2. The van der Waals surface area contributed by atoms with E-state index in [-0.39, 0.29) is 0 Å². The van der Waals surface area contributed by atoms with Crippen LogP contribution in [0.5, 0.6) is 0 Å². The van der Waals surface area contributed by atoms with Gasteiger partial charge in [-0.25, -0.2) is 9.59 Å². The van der Waals surface area contributed by atoms with E-state index in [2.05, 4.69) is 40.2 Å². The summed E-state index contributed by atoms with van der Waals surface area (Å²) in [6, 6.07) is 14.1. The highest BCUT2D eigenvalue weighted by Gasteiger charge is 2.51. The molecular formula is C22H25N3O4S. The van der Waals surface area contributed by atoms with Crippen molar-refractivity contribution in [2.24, 2.45) is 11.7 Å². The molecule has 4 N–H and O–H groups in total. The third kappa shape index (κ3) is 6.08. The van der Waals surface area contributed by atoms with Crippen LogP contribution in [-0.4, -0.2) is 45.8 Å². The minimum Gasteiger partial charge on any atom is -0.478 e. The molecule has 1 saturated heterocycles. The Balaban J connectivity index is 0.000000275. The van der Waals surface area contributed by atoms with E-state index in [1.165, 1.54) is 28.3 Å². The Bertz CT molecular complexity index is 890. The van der Waals surface area contributed by atoms with Crippen molar-refractivity contribution in [1.82, 2.24) is 4.98 Å². The molecule has 0 amide bonds. The highest BCUT2D eigenvalue weighted by Crippen LogP contribution is 2.50. The molecule has 2 aromatic rings. The Morgan fingerprint density at radius 3 is 2.43 bits per heavy atom. The molecule has 2 aliphatic rings. The van der Waals surface area contributed by atoms with Gasteiger partial charge in [0.15, 0.2) is 0 Å². The Morgan fingerprint density at radius 2 is 1.80 bits per heavy atom. The lowest BCUT2D eigenvalue weighted by molar-refractivity contribution is -0.134. The van der Waals surface area contributed by atoms with Gasteiger partial charge in [-0.15, -0.1) is 0 Å². The SMILES string of the molecule is NCCC1CC2CC2N1c1cncc(Sc2ccccc2)c1.O=C(O)C=CC(=O)O. The largest absolute Gasteiger partial charge is 0.478 e. The van der Waals surface area contributed by atoms with E-state index in [1.54, 1.807) is 11.8 Å². The van der Waals surface area contributed by atoms with Crippen molar-refractivity contribution < 1.29 is 19.8 Å². The Hall–Kier alpha value is -2.84. The number of aromatic nitrogens is 1. The van der Waals surface area contributed by atoms with Crippen molar-refractivity contribution in [3.05, 3.63) is 60.9 Å². The van der Waals surface area contributed by atoms with Gasteiger partial charge in [0.2, 0.25) is 0 Å². The maximum Gasteiger partial charge on any atom is 0.328 e. The fourth-order valence-electron chi connectivity index (χ4n) is 3.78. The fourth-order valence-corrected chi connectivity index (χ4v) is 4.64. The molecular weight excluding hydrogens is 402 g/mol. The molecule has 0 bridgehead atoms. The molecule has 158 valence electrons. The van der Waals surface area contributed by atoms with Crippen molar-refractivity contribution in [2.75, 3.05) is 11.4 Å². The fraction of sp³-hybridized carbons (Fsp3) is 0.318. The molecule has 1 aromatic carbocycles. The van der Waals surface area contributed by atoms with E-state index in [0.717, 1.165) is 24.9 Å². The van der Waals surface area contributed by atoms with Crippen LogP contribution in [0.3, 0.4) is 0 Å². The predicted molar refractivity (Wildman–Crippen MR) is 116 cm³/mol. The van der Waals surface area contributed by atoms with Crippen molar-refractivity contribution in [2.45, 2.75) is 41.1 Å². The third-order valence-electron chi connectivity index (χ3n) is 5.05. The number of carboxylic acid groups (broad SMARTS) is 2. The van der Waals surface area contributed by atoms with E-state index in [0.29, 0.717) is 18.2 Å². The first kappa shape index (κ1) is 21.9. The lowest BCUT2D eigenvalue weighted by Crippen LogP contribution is -2.34.